The van der Waals surface area contributed by atoms with Crippen LogP contribution in [0, 0.1) is 20.8 Å². The molecule has 0 unspecified atom stereocenters. The quantitative estimate of drug-likeness (QED) is 0.914. The molecular weight excluding hydrogens is 234 g/mol. The largest absolute Gasteiger partial charge is 0.334 e. The number of benzene rings is 1. The summed E-state index contributed by atoms with van der Waals surface area (Å²) in [6, 6.07) is 6.71. The van der Waals surface area contributed by atoms with Crippen molar-refractivity contribution in [2.75, 3.05) is 6.54 Å². The van der Waals surface area contributed by atoms with Gasteiger partial charge < -0.3 is 10.3 Å². The van der Waals surface area contributed by atoms with Crippen LogP contribution in [0.5, 0.6) is 0 Å². The molecule has 3 heteroatoms. The smallest absolute Gasteiger partial charge is 0.110 e. The lowest BCUT2D eigenvalue weighted by Gasteiger charge is -2.08. The van der Waals surface area contributed by atoms with E-state index in [1.807, 2.05) is 0 Å². The molecule has 0 bridgehead atoms. The predicted octanol–water partition coefficient (Wildman–Crippen LogP) is 2.44. The van der Waals surface area contributed by atoms with Crippen molar-refractivity contribution in [3.63, 3.8) is 0 Å². The Morgan fingerprint density at radius 1 is 1.11 bits per heavy atom. The van der Waals surface area contributed by atoms with Gasteiger partial charge in [0, 0.05) is 25.6 Å². The number of rotatable bonds is 4. The topological polar surface area (TPSA) is 43.8 Å². The number of aryl methyl sites for hydroxylation is 3. The number of nitrogens with two attached hydrogens (primary N) is 1. The summed E-state index contributed by atoms with van der Waals surface area (Å²) in [5.41, 5.74) is 12.0. The maximum Gasteiger partial charge on any atom is 0.110 e. The minimum atomic E-state index is 0.646. The Balaban J connectivity index is 2.32. The highest BCUT2D eigenvalue weighted by molar-refractivity contribution is 5.32. The van der Waals surface area contributed by atoms with Gasteiger partial charge in [0.05, 0.1) is 5.69 Å². The molecule has 102 valence electrons. The molecule has 2 aromatic rings. The van der Waals surface area contributed by atoms with Gasteiger partial charge in [-0.15, -0.1) is 0 Å². The molecule has 2 N–H and O–H groups in total. The van der Waals surface area contributed by atoms with Gasteiger partial charge in [0.15, 0.2) is 0 Å². The molecule has 0 saturated heterocycles. The molecule has 1 heterocycles. The number of hydrogen-bond acceptors (Lipinski definition) is 2. The van der Waals surface area contributed by atoms with Gasteiger partial charge >= 0.3 is 0 Å². The first-order chi connectivity index (χ1) is 9.01. The van der Waals surface area contributed by atoms with Crippen LogP contribution in [0.25, 0.3) is 0 Å². The summed E-state index contributed by atoms with van der Waals surface area (Å²) >= 11 is 0. The fourth-order valence-corrected chi connectivity index (χ4v) is 2.70. The molecule has 0 aliphatic rings. The highest BCUT2D eigenvalue weighted by atomic mass is 15.1. The second-order valence-corrected chi connectivity index (χ2v) is 5.33. The Hall–Kier alpha value is -1.61. The van der Waals surface area contributed by atoms with Gasteiger partial charge in [0.25, 0.3) is 0 Å². The summed E-state index contributed by atoms with van der Waals surface area (Å²) in [6.45, 7) is 7.02. The fourth-order valence-electron chi connectivity index (χ4n) is 2.70. The predicted molar refractivity (Wildman–Crippen MR) is 79.4 cm³/mol. The maximum atomic E-state index is 5.63. The standard InChI is InChI=1S/C16H23N3/c1-11-7-12(2)9-14(8-11)10-15-13(3)18-16(5-6-17)19(15)4/h7-9H,5-6,10,17H2,1-4H3. The Morgan fingerprint density at radius 3 is 2.32 bits per heavy atom. The van der Waals surface area contributed by atoms with Crippen LogP contribution in [0.4, 0.5) is 0 Å². The van der Waals surface area contributed by atoms with Gasteiger partial charge in [0.1, 0.15) is 5.82 Å². The van der Waals surface area contributed by atoms with Crippen LogP contribution in [0.2, 0.25) is 0 Å². The Labute approximate surface area is 115 Å². The normalized spacial score (nSPS) is 11.0. The highest BCUT2D eigenvalue weighted by Gasteiger charge is 2.11. The first-order valence-corrected chi connectivity index (χ1v) is 6.79. The van der Waals surface area contributed by atoms with Crippen molar-refractivity contribution in [3.05, 3.63) is 52.1 Å². The first kappa shape index (κ1) is 13.8. The minimum Gasteiger partial charge on any atom is -0.334 e. The summed E-state index contributed by atoms with van der Waals surface area (Å²) in [7, 11) is 2.09. The molecular formula is C16H23N3. The van der Waals surface area contributed by atoms with Gasteiger partial charge in [-0.05, 0) is 32.9 Å². The lowest BCUT2D eigenvalue weighted by molar-refractivity contribution is 0.749. The van der Waals surface area contributed by atoms with Gasteiger partial charge in [-0.3, -0.25) is 0 Å². The zero-order valence-corrected chi connectivity index (χ0v) is 12.3. The zero-order valence-electron chi connectivity index (χ0n) is 12.3. The van der Waals surface area contributed by atoms with Gasteiger partial charge in [0.2, 0.25) is 0 Å². The van der Waals surface area contributed by atoms with E-state index in [4.69, 9.17) is 5.73 Å². The van der Waals surface area contributed by atoms with Crippen LogP contribution in [0.15, 0.2) is 18.2 Å². The molecule has 0 saturated carbocycles. The summed E-state index contributed by atoms with van der Waals surface area (Å²) in [5, 5.41) is 0. The highest BCUT2D eigenvalue weighted by Crippen LogP contribution is 2.17. The van der Waals surface area contributed by atoms with E-state index in [0.717, 1.165) is 24.4 Å². The van der Waals surface area contributed by atoms with Crippen LogP contribution < -0.4 is 5.73 Å². The van der Waals surface area contributed by atoms with Crippen molar-refractivity contribution in [2.45, 2.75) is 33.6 Å². The van der Waals surface area contributed by atoms with E-state index in [1.54, 1.807) is 0 Å². The molecule has 0 amide bonds. The van der Waals surface area contributed by atoms with E-state index in [0.29, 0.717) is 6.54 Å². The van der Waals surface area contributed by atoms with Crippen molar-refractivity contribution in [3.8, 4) is 0 Å². The average molecular weight is 257 g/mol. The second-order valence-electron chi connectivity index (χ2n) is 5.33. The first-order valence-electron chi connectivity index (χ1n) is 6.79. The summed E-state index contributed by atoms with van der Waals surface area (Å²) in [6.07, 6.45) is 1.77. The van der Waals surface area contributed by atoms with E-state index in [2.05, 4.69) is 55.6 Å². The number of hydrogen-bond donors (Lipinski definition) is 1. The van der Waals surface area contributed by atoms with Crippen molar-refractivity contribution in [1.82, 2.24) is 9.55 Å². The van der Waals surface area contributed by atoms with E-state index in [-0.39, 0.29) is 0 Å². The molecule has 0 fully saturated rings. The van der Waals surface area contributed by atoms with Crippen LogP contribution in [-0.4, -0.2) is 16.1 Å². The number of nitrogens with zero attached hydrogens (tertiary/aromatic N) is 2. The van der Waals surface area contributed by atoms with E-state index in [1.165, 1.54) is 22.4 Å². The SMILES string of the molecule is Cc1cc(C)cc(Cc2c(C)nc(CCN)n2C)c1. The number of aromatic nitrogens is 2. The summed E-state index contributed by atoms with van der Waals surface area (Å²) in [5.74, 6) is 1.08. The van der Waals surface area contributed by atoms with Crippen LogP contribution in [0.1, 0.15) is 33.9 Å². The lowest BCUT2D eigenvalue weighted by Crippen LogP contribution is -2.09. The Morgan fingerprint density at radius 2 is 1.74 bits per heavy atom. The molecule has 0 atom stereocenters. The van der Waals surface area contributed by atoms with Crippen LogP contribution in [-0.2, 0) is 19.9 Å². The van der Waals surface area contributed by atoms with Crippen LogP contribution in [0.3, 0.4) is 0 Å². The minimum absolute atomic E-state index is 0.646. The molecule has 0 aliphatic carbocycles. The van der Waals surface area contributed by atoms with E-state index >= 15 is 0 Å². The molecule has 0 radical (unpaired) electrons. The van der Waals surface area contributed by atoms with Gasteiger partial charge in [-0.1, -0.05) is 29.3 Å². The zero-order chi connectivity index (χ0) is 14.0. The fraction of sp³-hybridized carbons (Fsp3) is 0.438. The molecule has 3 nitrogen and oxygen atoms in total. The maximum absolute atomic E-state index is 5.63. The molecule has 19 heavy (non-hydrogen) atoms. The van der Waals surface area contributed by atoms with E-state index in [9.17, 15) is 0 Å². The van der Waals surface area contributed by atoms with Gasteiger partial charge in [-0.2, -0.15) is 0 Å². The lowest BCUT2D eigenvalue weighted by atomic mass is 10.0. The summed E-state index contributed by atoms with van der Waals surface area (Å²) < 4.78 is 2.19. The Kier molecular flexibility index (Phi) is 4.05. The van der Waals surface area contributed by atoms with E-state index < -0.39 is 0 Å². The molecule has 0 spiro atoms. The second kappa shape index (κ2) is 5.57. The third kappa shape index (κ3) is 3.04. The van der Waals surface area contributed by atoms with Crippen molar-refractivity contribution >= 4 is 0 Å². The molecule has 0 aliphatic heterocycles. The van der Waals surface area contributed by atoms with Crippen molar-refractivity contribution in [2.24, 2.45) is 12.8 Å². The molecule has 2 rings (SSSR count). The monoisotopic (exact) mass is 257 g/mol. The van der Waals surface area contributed by atoms with Crippen molar-refractivity contribution < 1.29 is 0 Å². The van der Waals surface area contributed by atoms with Gasteiger partial charge in [-0.25, -0.2) is 4.98 Å². The average Bonchev–Trinajstić information content (AvgIpc) is 2.56. The Bertz CT molecular complexity index is 562. The van der Waals surface area contributed by atoms with Crippen molar-refractivity contribution in [1.29, 1.82) is 0 Å². The third-order valence-corrected chi connectivity index (χ3v) is 3.53. The summed E-state index contributed by atoms with van der Waals surface area (Å²) in [4.78, 5) is 4.62. The third-order valence-electron chi connectivity index (χ3n) is 3.53. The molecule has 1 aromatic heterocycles. The number of imidazole rings is 1. The molecule has 1 aromatic carbocycles. The van der Waals surface area contributed by atoms with Crippen LogP contribution >= 0.6 is 0 Å².